The first-order valence-electron chi connectivity index (χ1n) is 5.97. The standard InChI is InChI=1S/C14H25/c1-3-5-7-9-11-13-14-12-10-8-6-4-2/h3,9,11H,1-2,4-8,10,12-14H2. The highest BCUT2D eigenvalue weighted by Gasteiger charge is 1.87. The van der Waals surface area contributed by atoms with Gasteiger partial charge < -0.3 is 0 Å². The molecular weight excluding hydrogens is 168 g/mol. The molecule has 0 aromatic heterocycles. The van der Waals surface area contributed by atoms with Gasteiger partial charge in [0.2, 0.25) is 0 Å². The summed E-state index contributed by atoms with van der Waals surface area (Å²) in [5.74, 6) is 0. The Balaban J connectivity index is 2.97. The molecule has 0 aliphatic rings. The zero-order valence-electron chi connectivity index (χ0n) is 9.51. The molecule has 0 aromatic carbocycles. The first-order valence-corrected chi connectivity index (χ1v) is 5.97. The van der Waals surface area contributed by atoms with Crippen molar-refractivity contribution in [1.82, 2.24) is 0 Å². The van der Waals surface area contributed by atoms with Gasteiger partial charge in [-0.3, -0.25) is 0 Å². The highest BCUT2D eigenvalue weighted by molar-refractivity contribution is 4.84. The minimum absolute atomic E-state index is 1.10. The summed E-state index contributed by atoms with van der Waals surface area (Å²) in [6.07, 6.45) is 18.0. The van der Waals surface area contributed by atoms with Crippen LogP contribution in [-0.2, 0) is 0 Å². The van der Waals surface area contributed by atoms with Crippen molar-refractivity contribution in [2.75, 3.05) is 0 Å². The third-order valence-corrected chi connectivity index (χ3v) is 2.32. The van der Waals surface area contributed by atoms with E-state index < -0.39 is 0 Å². The Hall–Kier alpha value is -0.520. The van der Waals surface area contributed by atoms with Gasteiger partial charge in [0.1, 0.15) is 0 Å². The lowest BCUT2D eigenvalue weighted by molar-refractivity contribution is 0.621. The maximum absolute atomic E-state index is 3.84. The number of unbranched alkanes of at least 4 members (excludes halogenated alkanes) is 7. The Morgan fingerprint density at radius 1 is 0.714 bits per heavy atom. The second-order valence-electron chi connectivity index (χ2n) is 3.75. The molecule has 0 saturated heterocycles. The number of rotatable bonds is 10. The van der Waals surface area contributed by atoms with E-state index in [1.165, 1.54) is 38.5 Å². The van der Waals surface area contributed by atoms with Gasteiger partial charge in [0.15, 0.2) is 0 Å². The van der Waals surface area contributed by atoms with E-state index in [4.69, 9.17) is 0 Å². The quantitative estimate of drug-likeness (QED) is 0.335. The van der Waals surface area contributed by atoms with Crippen molar-refractivity contribution in [2.24, 2.45) is 0 Å². The summed E-state index contributed by atoms with van der Waals surface area (Å²) in [6.45, 7) is 7.54. The van der Waals surface area contributed by atoms with Gasteiger partial charge in [-0.2, -0.15) is 0 Å². The number of allylic oxidation sites excluding steroid dienone is 3. The van der Waals surface area contributed by atoms with Gasteiger partial charge in [-0.25, -0.2) is 0 Å². The van der Waals surface area contributed by atoms with Gasteiger partial charge in [-0.1, -0.05) is 57.3 Å². The van der Waals surface area contributed by atoms with Crippen LogP contribution in [0.4, 0.5) is 0 Å². The molecule has 0 aliphatic carbocycles. The Kier molecular flexibility index (Phi) is 12.0. The van der Waals surface area contributed by atoms with Crippen LogP contribution in [0, 0.1) is 6.92 Å². The molecule has 0 amide bonds. The molecule has 0 aromatic rings. The third-order valence-electron chi connectivity index (χ3n) is 2.32. The summed E-state index contributed by atoms with van der Waals surface area (Å²) >= 11 is 0. The van der Waals surface area contributed by atoms with Gasteiger partial charge in [0.25, 0.3) is 0 Å². The second-order valence-corrected chi connectivity index (χ2v) is 3.75. The first kappa shape index (κ1) is 13.5. The molecule has 0 heterocycles. The molecule has 0 rings (SSSR count). The van der Waals surface area contributed by atoms with Crippen molar-refractivity contribution in [3.63, 3.8) is 0 Å². The molecule has 14 heavy (non-hydrogen) atoms. The van der Waals surface area contributed by atoms with E-state index in [9.17, 15) is 0 Å². The normalized spacial score (nSPS) is 10.9. The highest BCUT2D eigenvalue weighted by atomic mass is 13.9. The summed E-state index contributed by atoms with van der Waals surface area (Å²) < 4.78 is 0. The molecule has 1 radical (unpaired) electrons. The van der Waals surface area contributed by atoms with Gasteiger partial charge in [-0.05, 0) is 25.7 Å². The van der Waals surface area contributed by atoms with E-state index >= 15 is 0 Å². The predicted octanol–water partition coefficient (Wildman–Crippen LogP) is 5.07. The Bertz CT molecular complexity index is 133. The van der Waals surface area contributed by atoms with Crippen LogP contribution in [0.2, 0.25) is 0 Å². The molecule has 0 spiro atoms. The fraction of sp³-hybridized carbons (Fsp3) is 0.643. The maximum Gasteiger partial charge on any atom is -0.0316 e. The lowest BCUT2D eigenvalue weighted by Crippen LogP contribution is -1.77. The molecule has 0 nitrogen and oxygen atoms in total. The molecule has 0 atom stereocenters. The summed E-state index contributed by atoms with van der Waals surface area (Å²) in [6, 6.07) is 0. The Morgan fingerprint density at radius 3 is 2.07 bits per heavy atom. The van der Waals surface area contributed by atoms with Crippen LogP contribution in [0.15, 0.2) is 24.8 Å². The van der Waals surface area contributed by atoms with Crippen LogP contribution >= 0.6 is 0 Å². The van der Waals surface area contributed by atoms with Gasteiger partial charge in [0.05, 0.1) is 0 Å². The lowest BCUT2D eigenvalue weighted by atomic mass is 10.1. The fourth-order valence-electron chi connectivity index (χ4n) is 1.42. The summed E-state index contributed by atoms with van der Waals surface area (Å²) in [7, 11) is 0. The second kappa shape index (κ2) is 12.5. The third kappa shape index (κ3) is 11.5. The van der Waals surface area contributed by atoms with Crippen molar-refractivity contribution >= 4 is 0 Å². The molecular formula is C14H25. The maximum atomic E-state index is 3.84. The van der Waals surface area contributed by atoms with Gasteiger partial charge in [0, 0.05) is 0 Å². The number of hydrogen-bond donors (Lipinski definition) is 0. The average molecular weight is 193 g/mol. The largest absolute Gasteiger partial charge is 0.103 e. The van der Waals surface area contributed by atoms with E-state index in [0.29, 0.717) is 0 Å². The molecule has 0 fully saturated rings. The molecule has 0 aliphatic heterocycles. The van der Waals surface area contributed by atoms with Crippen LogP contribution in [0.1, 0.15) is 57.8 Å². The Morgan fingerprint density at radius 2 is 1.36 bits per heavy atom. The topological polar surface area (TPSA) is 0 Å². The van der Waals surface area contributed by atoms with Crippen LogP contribution in [0.5, 0.6) is 0 Å². The van der Waals surface area contributed by atoms with Crippen molar-refractivity contribution < 1.29 is 0 Å². The minimum Gasteiger partial charge on any atom is -0.103 e. The first-order chi connectivity index (χ1) is 6.91. The summed E-state index contributed by atoms with van der Waals surface area (Å²) in [5.41, 5.74) is 0. The monoisotopic (exact) mass is 193 g/mol. The number of hydrogen-bond acceptors (Lipinski definition) is 0. The van der Waals surface area contributed by atoms with E-state index in [2.05, 4.69) is 25.7 Å². The zero-order valence-corrected chi connectivity index (χ0v) is 9.51. The van der Waals surface area contributed by atoms with E-state index in [1.54, 1.807) is 0 Å². The molecule has 81 valence electrons. The molecule has 0 N–H and O–H groups in total. The fourth-order valence-corrected chi connectivity index (χ4v) is 1.42. The minimum atomic E-state index is 1.10. The van der Waals surface area contributed by atoms with Crippen molar-refractivity contribution in [3.05, 3.63) is 31.7 Å². The SMILES string of the molecule is [CH2]CCCCCCCC=CCCC=C. The van der Waals surface area contributed by atoms with E-state index in [1.807, 2.05) is 6.08 Å². The average Bonchev–Trinajstić information content (AvgIpc) is 2.21. The lowest BCUT2D eigenvalue weighted by Gasteiger charge is -1.97. The highest BCUT2D eigenvalue weighted by Crippen LogP contribution is 2.07. The van der Waals surface area contributed by atoms with Gasteiger partial charge >= 0.3 is 0 Å². The van der Waals surface area contributed by atoms with Crippen molar-refractivity contribution in [3.8, 4) is 0 Å². The molecule has 0 unspecified atom stereocenters. The van der Waals surface area contributed by atoms with Crippen molar-refractivity contribution in [2.45, 2.75) is 57.8 Å². The molecule has 0 heteroatoms. The van der Waals surface area contributed by atoms with Gasteiger partial charge in [-0.15, -0.1) is 6.58 Å². The summed E-state index contributed by atoms with van der Waals surface area (Å²) in [5, 5.41) is 0. The van der Waals surface area contributed by atoms with E-state index in [-0.39, 0.29) is 0 Å². The van der Waals surface area contributed by atoms with Crippen LogP contribution in [0.25, 0.3) is 0 Å². The smallest absolute Gasteiger partial charge is 0.0316 e. The Labute approximate surface area is 90.1 Å². The van der Waals surface area contributed by atoms with Crippen molar-refractivity contribution in [1.29, 1.82) is 0 Å². The molecule has 0 bridgehead atoms. The van der Waals surface area contributed by atoms with E-state index in [0.717, 1.165) is 19.3 Å². The van der Waals surface area contributed by atoms with Crippen LogP contribution in [-0.4, -0.2) is 0 Å². The zero-order chi connectivity index (χ0) is 10.5. The molecule has 0 saturated carbocycles. The van der Waals surface area contributed by atoms with Crippen LogP contribution < -0.4 is 0 Å². The predicted molar refractivity (Wildman–Crippen MR) is 66.2 cm³/mol. The summed E-state index contributed by atoms with van der Waals surface area (Å²) in [4.78, 5) is 0. The van der Waals surface area contributed by atoms with Crippen LogP contribution in [0.3, 0.4) is 0 Å².